The molecule has 5 aliphatic rings. The van der Waals surface area contributed by atoms with Crippen LogP contribution in [0.15, 0.2) is 53.6 Å². The number of imide groups is 1. The summed E-state index contributed by atoms with van der Waals surface area (Å²) in [7, 11) is 0. The van der Waals surface area contributed by atoms with Crippen molar-refractivity contribution in [1.29, 1.82) is 0 Å². The first kappa shape index (κ1) is 41.2. The number of piperazine rings is 1. The second-order valence-corrected chi connectivity index (χ2v) is 18.0. The Balaban J connectivity index is 0.704. The van der Waals surface area contributed by atoms with Crippen LogP contribution in [0, 0.1) is 12.8 Å². The van der Waals surface area contributed by atoms with Crippen molar-refractivity contribution in [1.82, 2.24) is 34.6 Å². The van der Waals surface area contributed by atoms with Gasteiger partial charge in [-0.1, -0.05) is 25.0 Å². The lowest BCUT2D eigenvalue weighted by Gasteiger charge is -2.43. The number of hydrogen-bond acceptors (Lipinski definition) is 12. The summed E-state index contributed by atoms with van der Waals surface area (Å²) >= 11 is 0. The Morgan fingerprint density at radius 3 is 2.15 bits per heavy atom. The van der Waals surface area contributed by atoms with Gasteiger partial charge in [-0.2, -0.15) is 4.98 Å². The molecular formula is C47H60N10O4. The van der Waals surface area contributed by atoms with Crippen LogP contribution in [-0.4, -0.2) is 112 Å². The van der Waals surface area contributed by atoms with Gasteiger partial charge in [-0.05, 0) is 126 Å². The number of carbonyl (C=O) groups is 3. The zero-order valence-electron chi connectivity index (χ0n) is 35.8. The van der Waals surface area contributed by atoms with Gasteiger partial charge < -0.3 is 20.0 Å². The molecule has 1 aliphatic carbocycles. The predicted molar refractivity (Wildman–Crippen MR) is 238 cm³/mol. The predicted octanol–water partition coefficient (Wildman–Crippen LogP) is 5.97. The molecule has 61 heavy (non-hydrogen) atoms. The van der Waals surface area contributed by atoms with Crippen LogP contribution < -0.4 is 26.0 Å². The van der Waals surface area contributed by atoms with Crippen LogP contribution in [0.25, 0.3) is 11.0 Å². The van der Waals surface area contributed by atoms with Gasteiger partial charge in [-0.3, -0.25) is 34.0 Å². The minimum Gasteiger partial charge on any atom is -0.371 e. The molecule has 14 heteroatoms. The summed E-state index contributed by atoms with van der Waals surface area (Å²) in [4.78, 5) is 74.3. The zero-order valence-corrected chi connectivity index (χ0v) is 35.8. The summed E-state index contributed by atoms with van der Waals surface area (Å²) in [6, 6.07) is 13.2. The highest BCUT2D eigenvalue weighted by Gasteiger charge is 2.31. The summed E-state index contributed by atoms with van der Waals surface area (Å²) in [6.07, 6.45) is 14.8. The number of fused-ring (bicyclic) bond motifs is 1. The van der Waals surface area contributed by atoms with E-state index in [2.05, 4.69) is 65.5 Å². The van der Waals surface area contributed by atoms with Crippen molar-refractivity contribution in [3.05, 3.63) is 75.8 Å². The fourth-order valence-corrected chi connectivity index (χ4v) is 10.7. The molecule has 1 atom stereocenters. The van der Waals surface area contributed by atoms with Gasteiger partial charge in [0, 0.05) is 75.0 Å². The van der Waals surface area contributed by atoms with E-state index in [9.17, 15) is 19.2 Å². The minimum atomic E-state index is -0.252. The van der Waals surface area contributed by atoms with Crippen LogP contribution in [0.1, 0.15) is 111 Å². The van der Waals surface area contributed by atoms with Crippen molar-refractivity contribution in [2.45, 2.75) is 102 Å². The summed E-state index contributed by atoms with van der Waals surface area (Å²) < 4.78 is 1.74. The molecule has 0 bridgehead atoms. The fraction of sp³-hybridized carbons (Fsp3) is 0.553. The molecule has 4 saturated heterocycles. The second kappa shape index (κ2) is 18.0. The number of nitrogens with one attached hydrogen (secondary N) is 2. The normalized spacial score (nSPS) is 21.6. The molecule has 9 rings (SSSR count). The molecule has 2 amide bonds. The smallest absolute Gasteiger partial charge is 0.263 e. The highest BCUT2D eigenvalue weighted by atomic mass is 16.2. The fourth-order valence-electron chi connectivity index (χ4n) is 10.7. The Kier molecular flexibility index (Phi) is 12.2. The van der Waals surface area contributed by atoms with Gasteiger partial charge in [0.1, 0.15) is 11.5 Å². The van der Waals surface area contributed by atoms with E-state index in [-0.39, 0.29) is 40.7 Å². The highest BCUT2D eigenvalue weighted by Crippen LogP contribution is 2.33. The molecule has 0 radical (unpaired) electrons. The number of hydrogen-bond donors (Lipinski definition) is 2. The number of rotatable bonds is 11. The number of Topliss-reactive ketones (excluding diaryl/α,β-unsaturated/α-hetero) is 1. The largest absolute Gasteiger partial charge is 0.371 e. The standard InChI is InChI=1S/C47H60N10O4/c1-31-40-30-49-47(52-44(40)57(37-5-3-4-6-37)46(61)43(31)32(2)58)50-41-13-11-38(29-48-41)56-27-25-53(26-28-56)20-15-33-16-21-54(22-17-33)36-18-23-55(24-19-36)35-9-7-34(8-10-35)39-12-14-42(59)51-45(39)60/h7-11,13,29-30,33,36-37,39H,3-6,12,14-28H2,1-2H3,(H,51,59,60)(H,48,49,50,52). The SMILES string of the molecule is CC(=O)c1c(C)c2cnc(Nc3ccc(N4CCN(CCC5CCN(C6CCN(c7ccc(C8CCC(=O)NC8=O)cc7)CC6)CC5)CC4)cn3)nc2n(C2CCCC2)c1=O. The summed E-state index contributed by atoms with van der Waals surface area (Å²) in [5, 5.41) is 6.46. The van der Waals surface area contributed by atoms with Gasteiger partial charge >= 0.3 is 0 Å². The molecular weight excluding hydrogens is 769 g/mol. The lowest BCUT2D eigenvalue weighted by molar-refractivity contribution is -0.134. The van der Waals surface area contributed by atoms with Crippen molar-refractivity contribution in [2.75, 3.05) is 74.0 Å². The molecule has 3 aromatic heterocycles. The average molecular weight is 829 g/mol. The number of ketones is 1. The van der Waals surface area contributed by atoms with Crippen molar-refractivity contribution in [3.63, 3.8) is 0 Å². The van der Waals surface area contributed by atoms with Crippen molar-refractivity contribution < 1.29 is 14.4 Å². The summed E-state index contributed by atoms with van der Waals surface area (Å²) in [6.45, 7) is 13.0. The van der Waals surface area contributed by atoms with Gasteiger partial charge in [0.15, 0.2) is 5.78 Å². The summed E-state index contributed by atoms with van der Waals surface area (Å²) in [5.41, 5.74) is 4.51. The number of piperidine rings is 3. The third-order valence-corrected chi connectivity index (χ3v) is 14.4. The van der Waals surface area contributed by atoms with Gasteiger partial charge in [-0.25, -0.2) is 9.97 Å². The van der Waals surface area contributed by atoms with Crippen molar-refractivity contribution in [3.8, 4) is 0 Å². The van der Waals surface area contributed by atoms with E-state index in [1.54, 1.807) is 10.8 Å². The van der Waals surface area contributed by atoms with Crippen molar-refractivity contribution in [2.24, 2.45) is 5.92 Å². The lowest BCUT2D eigenvalue weighted by atomic mass is 9.90. The maximum atomic E-state index is 13.6. The minimum absolute atomic E-state index is 0.0305. The molecule has 5 fully saturated rings. The van der Waals surface area contributed by atoms with E-state index in [4.69, 9.17) is 9.97 Å². The number of likely N-dealkylation sites (tertiary alicyclic amines) is 1. The molecule has 4 aromatic rings. The number of nitrogens with zero attached hydrogens (tertiary/aromatic N) is 8. The molecule has 1 aromatic carbocycles. The van der Waals surface area contributed by atoms with E-state index in [0.29, 0.717) is 41.9 Å². The third-order valence-electron chi connectivity index (χ3n) is 14.4. The number of anilines is 4. The van der Waals surface area contributed by atoms with Gasteiger partial charge in [-0.15, -0.1) is 0 Å². The Bertz CT molecular complexity index is 2280. The number of aryl methyl sites for hydroxylation is 1. The van der Waals surface area contributed by atoms with Crippen LogP contribution in [0.2, 0.25) is 0 Å². The van der Waals surface area contributed by atoms with Crippen LogP contribution in [0.4, 0.5) is 23.1 Å². The number of amides is 2. The maximum Gasteiger partial charge on any atom is 0.263 e. The van der Waals surface area contributed by atoms with Crippen LogP contribution >= 0.6 is 0 Å². The molecule has 0 spiro atoms. The number of aromatic nitrogens is 4. The first-order chi connectivity index (χ1) is 29.7. The Hall–Kier alpha value is -5.21. The molecule has 1 unspecified atom stereocenters. The van der Waals surface area contributed by atoms with Crippen LogP contribution in [0.3, 0.4) is 0 Å². The van der Waals surface area contributed by atoms with Crippen molar-refractivity contribution >= 4 is 51.8 Å². The molecule has 14 nitrogen and oxygen atoms in total. The van der Waals surface area contributed by atoms with E-state index < -0.39 is 0 Å². The molecule has 322 valence electrons. The number of pyridine rings is 2. The zero-order chi connectivity index (χ0) is 42.0. The quantitative estimate of drug-likeness (QED) is 0.136. The topological polar surface area (TPSA) is 149 Å². The Morgan fingerprint density at radius 2 is 1.48 bits per heavy atom. The summed E-state index contributed by atoms with van der Waals surface area (Å²) in [5.74, 6) is 1.01. The van der Waals surface area contributed by atoms with E-state index in [1.165, 1.54) is 57.8 Å². The first-order valence-corrected chi connectivity index (χ1v) is 22.7. The number of benzene rings is 1. The molecule has 1 saturated carbocycles. The van der Waals surface area contributed by atoms with E-state index in [1.807, 2.05) is 19.2 Å². The van der Waals surface area contributed by atoms with Gasteiger partial charge in [0.05, 0.1) is 23.4 Å². The van der Waals surface area contributed by atoms with Crippen LogP contribution in [0.5, 0.6) is 0 Å². The van der Waals surface area contributed by atoms with Gasteiger partial charge in [0.25, 0.3) is 5.56 Å². The molecule has 7 heterocycles. The van der Waals surface area contributed by atoms with E-state index in [0.717, 1.165) is 94.1 Å². The highest BCUT2D eigenvalue weighted by molar-refractivity contribution is 6.01. The Morgan fingerprint density at radius 1 is 0.770 bits per heavy atom. The maximum absolute atomic E-state index is 13.6. The molecule has 2 N–H and O–H groups in total. The van der Waals surface area contributed by atoms with Gasteiger partial charge in [0.2, 0.25) is 17.8 Å². The molecule has 4 aliphatic heterocycles. The average Bonchev–Trinajstić information content (AvgIpc) is 3.81. The van der Waals surface area contributed by atoms with Crippen LogP contribution in [-0.2, 0) is 9.59 Å². The first-order valence-electron chi connectivity index (χ1n) is 22.7. The Labute approximate surface area is 358 Å². The third kappa shape index (κ3) is 8.93. The van der Waals surface area contributed by atoms with E-state index >= 15 is 0 Å². The lowest BCUT2D eigenvalue weighted by Crippen LogP contribution is -2.48. The second-order valence-electron chi connectivity index (χ2n) is 18.0. The number of carbonyl (C=O) groups excluding carboxylic acids is 3. The monoisotopic (exact) mass is 828 g/mol.